The van der Waals surface area contributed by atoms with Gasteiger partial charge in [0, 0.05) is 15.0 Å². The lowest BCUT2D eigenvalue weighted by atomic mass is 10.2. The fraction of sp³-hybridized carbons (Fsp3) is 0.143. The zero-order valence-corrected chi connectivity index (χ0v) is 13.9. The highest BCUT2D eigenvalue weighted by atomic mass is 79.9. The number of benzene rings is 2. The lowest BCUT2D eigenvalue weighted by molar-refractivity contribution is -0.385. The van der Waals surface area contributed by atoms with Crippen molar-refractivity contribution in [2.45, 2.75) is 13.2 Å². The highest BCUT2D eigenvalue weighted by Crippen LogP contribution is 2.27. The van der Waals surface area contributed by atoms with Crippen LogP contribution in [0, 0.1) is 10.1 Å². The summed E-state index contributed by atoms with van der Waals surface area (Å²) in [6.07, 6.45) is 0. The van der Waals surface area contributed by atoms with E-state index < -0.39 is 4.92 Å². The molecule has 0 spiro atoms. The number of nitrogens with zero attached hydrogens (tertiary/aromatic N) is 1. The van der Waals surface area contributed by atoms with Crippen LogP contribution in [0.3, 0.4) is 0 Å². The van der Waals surface area contributed by atoms with Crippen LogP contribution in [0.15, 0.2) is 45.3 Å². The van der Waals surface area contributed by atoms with Crippen molar-refractivity contribution in [2.75, 3.05) is 0 Å². The van der Waals surface area contributed by atoms with Gasteiger partial charge >= 0.3 is 0 Å². The van der Waals surface area contributed by atoms with Gasteiger partial charge in [-0.25, -0.2) is 0 Å². The molecule has 0 fully saturated rings. The normalized spacial score (nSPS) is 10.4. The van der Waals surface area contributed by atoms with E-state index in [2.05, 4.69) is 31.9 Å². The molecule has 0 saturated carbocycles. The van der Waals surface area contributed by atoms with E-state index in [4.69, 9.17) is 4.74 Å². The van der Waals surface area contributed by atoms with E-state index in [9.17, 15) is 15.2 Å². The van der Waals surface area contributed by atoms with Crippen molar-refractivity contribution in [1.82, 2.24) is 0 Å². The fourth-order valence-electron chi connectivity index (χ4n) is 1.75. The summed E-state index contributed by atoms with van der Waals surface area (Å²) in [7, 11) is 0. The van der Waals surface area contributed by atoms with Crippen LogP contribution in [0.1, 0.15) is 11.1 Å². The summed E-state index contributed by atoms with van der Waals surface area (Å²) in [6, 6.07) is 10.00. The number of hydrogen-bond donors (Lipinski definition) is 1. The van der Waals surface area contributed by atoms with Gasteiger partial charge in [0.25, 0.3) is 5.69 Å². The van der Waals surface area contributed by atoms with Crippen LogP contribution in [0.25, 0.3) is 0 Å². The molecule has 0 aliphatic heterocycles. The molecule has 0 radical (unpaired) electrons. The van der Waals surface area contributed by atoms with Crippen LogP contribution in [-0.4, -0.2) is 10.0 Å². The maximum absolute atomic E-state index is 11.0. The van der Waals surface area contributed by atoms with E-state index in [0.29, 0.717) is 21.3 Å². The van der Waals surface area contributed by atoms with Crippen molar-refractivity contribution in [2.24, 2.45) is 0 Å². The van der Waals surface area contributed by atoms with Crippen molar-refractivity contribution < 1.29 is 14.8 Å². The number of aliphatic hydroxyl groups excluding tert-OH is 1. The van der Waals surface area contributed by atoms with Crippen molar-refractivity contribution in [1.29, 1.82) is 0 Å². The summed E-state index contributed by atoms with van der Waals surface area (Å²) >= 11 is 6.52. The second-order valence-electron chi connectivity index (χ2n) is 4.23. The average molecular weight is 417 g/mol. The first kappa shape index (κ1) is 15.9. The summed E-state index contributed by atoms with van der Waals surface area (Å²) < 4.78 is 7.00. The Balaban J connectivity index is 2.18. The minimum Gasteiger partial charge on any atom is -0.489 e. The quantitative estimate of drug-likeness (QED) is 0.585. The SMILES string of the molecule is O=[N+]([O-])c1cc(Br)ccc1COc1ccc(Br)c(CO)c1. The van der Waals surface area contributed by atoms with Gasteiger partial charge in [0.1, 0.15) is 12.4 Å². The van der Waals surface area contributed by atoms with Crippen molar-refractivity contribution >= 4 is 37.5 Å². The van der Waals surface area contributed by atoms with Crippen LogP contribution in [0.2, 0.25) is 0 Å². The molecule has 21 heavy (non-hydrogen) atoms. The molecule has 0 aliphatic rings. The van der Waals surface area contributed by atoms with E-state index in [1.54, 1.807) is 30.3 Å². The molecule has 0 atom stereocenters. The van der Waals surface area contributed by atoms with E-state index in [-0.39, 0.29) is 18.9 Å². The molecule has 0 aliphatic carbocycles. The van der Waals surface area contributed by atoms with Gasteiger partial charge in [-0.3, -0.25) is 10.1 Å². The Morgan fingerprint density at radius 1 is 1.14 bits per heavy atom. The van der Waals surface area contributed by atoms with Gasteiger partial charge in [-0.1, -0.05) is 31.9 Å². The topological polar surface area (TPSA) is 72.6 Å². The van der Waals surface area contributed by atoms with Crippen LogP contribution < -0.4 is 4.74 Å². The Labute approximate surface area is 138 Å². The van der Waals surface area contributed by atoms with Gasteiger partial charge in [0.2, 0.25) is 0 Å². The first-order valence-corrected chi connectivity index (χ1v) is 7.54. The molecular weight excluding hydrogens is 406 g/mol. The van der Waals surface area contributed by atoms with Gasteiger partial charge < -0.3 is 9.84 Å². The van der Waals surface area contributed by atoms with Gasteiger partial charge in [-0.05, 0) is 35.9 Å². The maximum Gasteiger partial charge on any atom is 0.277 e. The van der Waals surface area contributed by atoms with Crippen LogP contribution in [0.4, 0.5) is 5.69 Å². The fourth-order valence-corrected chi connectivity index (χ4v) is 2.47. The molecule has 0 unspecified atom stereocenters. The molecule has 1 N–H and O–H groups in total. The second-order valence-corrected chi connectivity index (χ2v) is 6.00. The molecule has 110 valence electrons. The maximum atomic E-state index is 11.0. The minimum absolute atomic E-state index is 0.00358. The monoisotopic (exact) mass is 415 g/mol. The Morgan fingerprint density at radius 2 is 1.90 bits per heavy atom. The van der Waals surface area contributed by atoms with E-state index in [0.717, 1.165) is 4.47 Å². The van der Waals surface area contributed by atoms with Gasteiger partial charge in [0.05, 0.1) is 17.1 Å². The Hall–Kier alpha value is -1.44. The number of halogens is 2. The van der Waals surface area contributed by atoms with E-state index in [1.807, 2.05) is 0 Å². The van der Waals surface area contributed by atoms with E-state index >= 15 is 0 Å². The van der Waals surface area contributed by atoms with Gasteiger partial charge in [0.15, 0.2) is 0 Å². The Kier molecular flexibility index (Phi) is 5.33. The molecule has 0 amide bonds. The Morgan fingerprint density at radius 3 is 2.57 bits per heavy atom. The smallest absolute Gasteiger partial charge is 0.277 e. The summed E-state index contributed by atoms with van der Waals surface area (Å²) in [5.41, 5.74) is 1.18. The molecule has 0 bridgehead atoms. The molecule has 7 heteroatoms. The Bertz CT molecular complexity index is 676. The number of nitro benzene ring substituents is 1. The molecule has 0 heterocycles. The predicted molar refractivity (Wildman–Crippen MR) is 85.2 cm³/mol. The van der Waals surface area contributed by atoms with Crippen molar-refractivity contribution in [3.63, 3.8) is 0 Å². The zero-order chi connectivity index (χ0) is 15.4. The van der Waals surface area contributed by atoms with Crippen molar-refractivity contribution in [3.8, 4) is 5.75 Å². The number of nitro groups is 1. The number of hydrogen-bond acceptors (Lipinski definition) is 4. The average Bonchev–Trinajstić information content (AvgIpc) is 2.47. The highest BCUT2D eigenvalue weighted by molar-refractivity contribution is 9.10. The zero-order valence-electron chi connectivity index (χ0n) is 10.8. The largest absolute Gasteiger partial charge is 0.489 e. The first-order chi connectivity index (χ1) is 10.0. The lowest BCUT2D eigenvalue weighted by Crippen LogP contribution is -2.01. The summed E-state index contributed by atoms with van der Waals surface area (Å²) in [4.78, 5) is 10.6. The number of ether oxygens (including phenoxy) is 1. The third-order valence-electron chi connectivity index (χ3n) is 2.83. The number of aliphatic hydroxyl groups is 1. The molecule has 0 aromatic heterocycles. The molecule has 2 aromatic rings. The molecular formula is C14H11Br2NO4. The standard InChI is InChI=1S/C14H11Br2NO4/c15-11-2-1-9(14(6-11)17(19)20)8-21-12-3-4-13(16)10(5-12)7-18/h1-6,18H,7-8H2. The molecule has 2 rings (SSSR count). The second kappa shape index (κ2) is 7.02. The van der Waals surface area contributed by atoms with Crippen LogP contribution in [0.5, 0.6) is 5.75 Å². The third kappa shape index (κ3) is 4.03. The summed E-state index contributed by atoms with van der Waals surface area (Å²) in [5.74, 6) is 0.541. The van der Waals surface area contributed by atoms with Crippen molar-refractivity contribution in [3.05, 3.63) is 66.6 Å². The lowest BCUT2D eigenvalue weighted by Gasteiger charge is -2.09. The van der Waals surface area contributed by atoms with Gasteiger partial charge in [-0.2, -0.15) is 0 Å². The molecule has 5 nitrogen and oxygen atoms in total. The summed E-state index contributed by atoms with van der Waals surface area (Å²) in [5, 5.41) is 20.2. The third-order valence-corrected chi connectivity index (χ3v) is 4.09. The minimum atomic E-state index is -0.440. The predicted octanol–water partition coefficient (Wildman–Crippen LogP) is 4.19. The van der Waals surface area contributed by atoms with Crippen LogP contribution >= 0.6 is 31.9 Å². The van der Waals surface area contributed by atoms with E-state index in [1.165, 1.54) is 6.07 Å². The van der Waals surface area contributed by atoms with Crippen LogP contribution in [-0.2, 0) is 13.2 Å². The molecule has 0 saturated heterocycles. The summed E-state index contributed by atoms with van der Waals surface area (Å²) in [6.45, 7) is -0.0354. The van der Waals surface area contributed by atoms with Gasteiger partial charge in [-0.15, -0.1) is 0 Å². The number of rotatable bonds is 5. The first-order valence-electron chi connectivity index (χ1n) is 5.96. The molecule has 2 aromatic carbocycles. The highest BCUT2D eigenvalue weighted by Gasteiger charge is 2.14.